The van der Waals surface area contributed by atoms with E-state index in [1.54, 1.807) is 43.3 Å². The molecular weight excluding hydrogens is 633 g/mol. The second kappa shape index (κ2) is 15.7. The molecule has 0 fully saturated rings. The number of unbranched alkanes of at least 4 members (excludes halogenated alkanes) is 1. The number of hydrogen-bond donors (Lipinski definition) is 1. The van der Waals surface area contributed by atoms with Gasteiger partial charge in [0.1, 0.15) is 18.3 Å². The number of benzene rings is 3. The number of aryl methyl sites for hydroxylation is 1. The molecular formula is C31H36Cl3N3O5S. The average Bonchev–Trinajstić information content (AvgIpc) is 2.97. The molecule has 0 unspecified atom stereocenters. The molecule has 0 saturated carbocycles. The number of rotatable bonds is 14. The highest BCUT2D eigenvalue weighted by Crippen LogP contribution is 2.35. The summed E-state index contributed by atoms with van der Waals surface area (Å²) in [4.78, 5) is 28.9. The molecule has 0 aliphatic rings. The van der Waals surface area contributed by atoms with E-state index in [4.69, 9.17) is 39.5 Å². The smallest absolute Gasteiger partial charge is 0.264 e. The third-order valence-electron chi connectivity index (χ3n) is 6.90. The second-order valence-electron chi connectivity index (χ2n) is 9.93. The molecule has 3 aromatic carbocycles. The number of nitrogens with zero attached hydrogens (tertiary/aromatic N) is 2. The minimum atomic E-state index is -4.31. The summed E-state index contributed by atoms with van der Waals surface area (Å²) in [6, 6.07) is 14.8. The summed E-state index contributed by atoms with van der Waals surface area (Å²) < 4.78 is 34.7. The van der Waals surface area contributed by atoms with Crippen molar-refractivity contribution in [1.29, 1.82) is 0 Å². The van der Waals surface area contributed by atoms with Gasteiger partial charge >= 0.3 is 0 Å². The van der Waals surface area contributed by atoms with Crippen LogP contribution in [0, 0.1) is 6.92 Å². The van der Waals surface area contributed by atoms with Crippen molar-refractivity contribution < 1.29 is 22.7 Å². The monoisotopic (exact) mass is 667 g/mol. The molecule has 0 spiro atoms. The molecule has 43 heavy (non-hydrogen) atoms. The van der Waals surface area contributed by atoms with Crippen molar-refractivity contribution in [3.8, 4) is 5.75 Å². The van der Waals surface area contributed by atoms with E-state index in [2.05, 4.69) is 5.32 Å². The first kappa shape index (κ1) is 34.5. The molecule has 0 aromatic heterocycles. The van der Waals surface area contributed by atoms with E-state index in [0.29, 0.717) is 22.2 Å². The maximum Gasteiger partial charge on any atom is 0.264 e. The fourth-order valence-electron chi connectivity index (χ4n) is 4.49. The van der Waals surface area contributed by atoms with E-state index in [-0.39, 0.29) is 40.2 Å². The van der Waals surface area contributed by atoms with Crippen LogP contribution in [0.4, 0.5) is 5.69 Å². The molecule has 1 N–H and O–H groups in total. The van der Waals surface area contributed by atoms with Crippen molar-refractivity contribution in [2.45, 2.75) is 57.5 Å². The summed E-state index contributed by atoms with van der Waals surface area (Å²) in [6.45, 7) is 5.28. The van der Waals surface area contributed by atoms with E-state index in [1.165, 1.54) is 36.3 Å². The van der Waals surface area contributed by atoms with Crippen LogP contribution in [-0.2, 0) is 26.2 Å². The van der Waals surface area contributed by atoms with Crippen LogP contribution < -0.4 is 14.4 Å². The summed E-state index contributed by atoms with van der Waals surface area (Å²) >= 11 is 19.2. The molecule has 0 saturated heterocycles. The van der Waals surface area contributed by atoms with E-state index in [9.17, 15) is 18.0 Å². The molecule has 0 aliphatic heterocycles. The van der Waals surface area contributed by atoms with Crippen molar-refractivity contribution in [1.82, 2.24) is 10.2 Å². The molecule has 2 amide bonds. The third kappa shape index (κ3) is 8.56. The van der Waals surface area contributed by atoms with Crippen molar-refractivity contribution >= 4 is 62.3 Å². The molecule has 8 nitrogen and oxygen atoms in total. The van der Waals surface area contributed by atoms with Gasteiger partial charge in [-0.15, -0.1) is 0 Å². The molecule has 1 atom stereocenters. The topological polar surface area (TPSA) is 96.0 Å². The standard InChI is InChI=1S/C31H36Cl3N3O5S/c1-5-7-17-35-31(39)27(6-2)36(19-24-25(33)9-8-10-26(24)34)30(38)20-37(28-18-22(32)13-16-29(28)42-4)43(40,41)23-14-11-21(3)12-15-23/h8-16,18,27H,5-7,17,19-20H2,1-4H3,(H,35,39)/t27-/m1/s1. The van der Waals surface area contributed by atoms with Gasteiger partial charge in [-0.1, -0.05) is 78.8 Å². The summed E-state index contributed by atoms with van der Waals surface area (Å²) in [5.41, 5.74) is 1.37. The Morgan fingerprint density at radius 1 is 0.977 bits per heavy atom. The first-order valence-electron chi connectivity index (χ1n) is 13.9. The highest BCUT2D eigenvalue weighted by molar-refractivity contribution is 7.92. The van der Waals surface area contributed by atoms with E-state index >= 15 is 0 Å². The van der Waals surface area contributed by atoms with Crippen molar-refractivity contribution in [2.24, 2.45) is 0 Å². The molecule has 232 valence electrons. The highest BCUT2D eigenvalue weighted by atomic mass is 35.5. The summed E-state index contributed by atoms with van der Waals surface area (Å²) in [7, 11) is -2.92. The molecule has 0 bridgehead atoms. The number of nitrogens with one attached hydrogen (secondary N) is 1. The maximum absolute atomic E-state index is 14.3. The molecule has 0 aliphatic carbocycles. The first-order chi connectivity index (χ1) is 20.4. The Bertz CT molecular complexity index is 1510. The maximum atomic E-state index is 14.3. The van der Waals surface area contributed by atoms with E-state index in [0.717, 1.165) is 22.7 Å². The van der Waals surface area contributed by atoms with Crippen LogP contribution in [-0.4, -0.2) is 51.4 Å². The molecule has 0 radical (unpaired) electrons. The largest absolute Gasteiger partial charge is 0.495 e. The summed E-state index contributed by atoms with van der Waals surface area (Å²) in [5.74, 6) is -0.815. The predicted octanol–water partition coefficient (Wildman–Crippen LogP) is 6.88. The molecule has 0 heterocycles. The Morgan fingerprint density at radius 2 is 1.63 bits per heavy atom. The fraction of sp³-hybridized carbons (Fsp3) is 0.355. The third-order valence-corrected chi connectivity index (χ3v) is 9.62. The average molecular weight is 669 g/mol. The van der Waals surface area contributed by atoms with Gasteiger partial charge in [0, 0.05) is 33.7 Å². The number of halogens is 3. The Morgan fingerprint density at radius 3 is 2.21 bits per heavy atom. The molecule has 3 aromatic rings. The lowest BCUT2D eigenvalue weighted by Crippen LogP contribution is -2.52. The van der Waals surface area contributed by atoms with Crippen molar-refractivity contribution in [3.05, 3.63) is 86.9 Å². The van der Waals surface area contributed by atoms with Gasteiger partial charge in [-0.3, -0.25) is 13.9 Å². The Hall–Kier alpha value is -2.98. The Labute approximate surface area is 268 Å². The van der Waals surface area contributed by atoms with Gasteiger partial charge in [0.05, 0.1) is 17.7 Å². The van der Waals surface area contributed by atoms with Crippen LogP contribution in [0.3, 0.4) is 0 Å². The van der Waals surface area contributed by atoms with Gasteiger partial charge in [0.15, 0.2) is 0 Å². The Balaban J connectivity index is 2.14. The van der Waals surface area contributed by atoms with Gasteiger partial charge in [-0.2, -0.15) is 0 Å². The zero-order chi connectivity index (χ0) is 31.7. The minimum absolute atomic E-state index is 0.0297. The number of amides is 2. The molecule has 12 heteroatoms. The van der Waals surface area contributed by atoms with Gasteiger partial charge in [0.2, 0.25) is 11.8 Å². The quantitative estimate of drug-likeness (QED) is 0.189. The van der Waals surface area contributed by atoms with Crippen LogP contribution in [0.5, 0.6) is 5.75 Å². The number of carbonyl (C=O) groups is 2. The summed E-state index contributed by atoms with van der Waals surface area (Å²) in [6.07, 6.45) is 1.91. The number of anilines is 1. The lowest BCUT2D eigenvalue weighted by atomic mass is 10.1. The molecule has 3 rings (SSSR count). The second-order valence-corrected chi connectivity index (χ2v) is 13.0. The number of carbonyl (C=O) groups excluding carboxylic acids is 2. The zero-order valence-corrected chi connectivity index (χ0v) is 27.7. The van der Waals surface area contributed by atoms with Crippen LogP contribution in [0.15, 0.2) is 65.6 Å². The number of hydrogen-bond acceptors (Lipinski definition) is 5. The lowest BCUT2D eigenvalue weighted by Gasteiger charge is -2.34. The zero-order valence-electron chi connectivity index (χ0n) is 24.6. The highest BCUT2D eigenvalue weighted by Gasteiger charge is 2.35. The number of methoxy groups -OCH3 is 1. The Kier molecular flexibility index (Phi) is 12.6. The first-order valence-corrected chi connectivity index (χ1v) is 16.4. The van der Waals surface area contributed by atoms with Crippen LogP contribution >= 0.6 is 34.8 Å². The lowest BCUT2D eigenvalue weighted by molar-refractivity contribution is -0.140. The number of ether oxygens (including phenoxy) is 1. The van der Waals surface area contributed by atoms with Gasteiger partial charge in [-0.05, 0) is 62.2 Å². The van der Waals surface area contributed by atoms with Crippen LogP contribution in [0.25, 0.3) is 0 Å². The van der Waals surface area contributed by atoms with Crippen LogP contribution in [0.1, 0.15) is 44.2 Å². The predicted molar refractivity (Wildman–Crippen MR) is 173 cm³/mol. The van der Waals surface area contributed by atoms with E-state index in [1.807, 2.05) is 13.8 Å². The van der Waals surface area contributed by atoms with Gasteiger partial charge in [0.25, 0.3) is 10.0 Å². The van der Waals surface area contributed by atoms with Crippen molar-refractivity contribution in [3.63, 3.8) is 0 Å². The SMILES string of the molecule is CCCCNC(=O)[C@@H](CC)N(Cc1c(Cl)cccc1Cl)C(=O)CN(c1cc(Cl)ccc1OC)S(=O)(=O)c1ccc(C)cc1. The number of sulfonamides is 1. The van der Waals surface area contributed by atoms with Gasteiger partial charge < -0.3 is 15.0 Å². The van der Waals surface area contributed by atoms with Gasteiger partial charge in [-0.25, -0.2) is 8.42 Å². The van der Waals surface area contributed by atoms with E-state index < -0.39 is 28.5 Å². The van der Waals surface area contributed by atoms with Crippen molar-refractivity contribution in [2.75, 3.05) is 24.5 Å². The minimum Gasteiger partial charge on any atom is -0.495 e. The fourth-order valence-corrected chi connectivity index (χ4v) is 6.59. The normalized spacial score (nSPS) is 12.0. The summed E-state index contributed by atoms with van der Waals surface area (Å²) in [5, 5.41) is 3.76. The van der Waals surface area contributed by atoms with Crippen LogP contribution in [0.2, 0.25) is 15.1 Å².